The van der Waals surface area contributed by atoms with Crippen molar-refractivity contribution >= 4 is 15.7 Å². The summed E-state index contributed by atoms with van der Waals surface area (Å²) in [5, 5.41) is 17.0. The monoisotopic (exact) mass is 321 g/mol. The number of aromatic hydroxyl groups is 1. The number of phenols is 1. The molecule has 1 atom stereocenters. The summed E-state index contributed by atoms with van der Waals surface area (Å²) in [7, 11) is -1.45. The van der Waals surface area contributed by atoms with Gasteiger partial charge in [0.05, 0.1) is 0 Å². The van der Waals surface area contributed by atoms with Gasteiger partial charge in [0.2, 0.25) is 0 Å². The molecule has 2 rings (SSSR count). The van der Waals surface area contributed by atoms with Crippen LogP contribution in [0.25, 0.3) is 0 Å². The summed E-state index contributed by atoms with van der Waals surface area (Å²) >= 11 is 0. The smallest absolute Gasteiger partial charge is 0.194 e. The van der Waals surface area contributed by atoms with Gasteiger partial charge in [0.15, 0.2) is 20.7 Å². The van der Waals surface area contributed by atoms with E-state index in [0.717, 1.165) is 18.2 Å². The third kappa shape index (κ3) is 3.94. The van der Waals surface area contributed by atoms with E-state index >= 15 is 0 Å². The molecule has 22 heavy (non-hydrogen) atoms. The van der Waals surface area contributed by atoms with Gasteiger partial charge in [-0.05, 0) is 43.2 Å². The van der Waals surface area contributed by atoms with Gasteiger partial charge in [-0.3, -0.25) is 0 Å². The van der Waals surface area contributed by atoms with Crippen LogP contribution in [0.15, 0.2) is 41.4 Å². The normalized spacial score (nSPS) is 12.9. The van der Waals surface area contributed by atoms with Crippen LogP contribution in [0.1, 0.15) is 12.5 Å². The zero-order valence-electron chi connectivity index (χ0n) is 12.8. The molecule has 0 saturated heterocycles. The molecule has 0 aliphatic rings. The van der Waals surface area contributed by atoms with Crippen LogP contribution in [0.3, 0.4) is 0 Å². The van der Waals surface area contributed by atoms with Gasteiger partial charge in [-0.2, -0.15) is 0 Å². The first kappa shape index (κ1) is 16.2. The predicted molar refractivity (Wildman–Crippen MR) is 84.8 cm³/mol. The lowest BCUT2D eigenvalue weighted by Crippen LogP contribution is -2.31. The van der Waals surface area contributed by atoms with E-state index in [0.29, 0.717) is 5.82 Å². The number of sulfone groups is 1. The number of hydrogen-bond acceptors (Lipinski definition) is 6. The molecule has 0 spiro atoms. The fraction of sp³-hybridized carbons (Fsp3) is 0.333. The van der Waals surface area contributed by atoms with Crippen molar-refractivity contribution in [2.75, 3.05) is 18.2 Å². The molecule has 7 heteroatoms. The zero-order valence-corrected chi connectivity index (χ0v) is 13.6. The predicted octanol–water partition coefficient (Wildman–Crippen LogP) is 1.65. The SMILES string of the molecule is CC(Cc1ccc(O)cc1)N(C)c1ccc(S(C)(=O)=O)nn1. The summed E-state index contributed by atoms with van der Waals surface area (Å²) in [5.41, 5.74) is 1.10. The number of likely N-dealkylation sites (N-methyl/N-ethyl adjacent to an activating group) is 1. The number of anilines is 1. The zero-order chi connectivity index (χ0) is 16.3. The summed E-state index contributed by atoms with van der Waals surface area (Å²) in [5.74, 6) is 0.852. The Morgan fingerprint density at radius 2 is 1.77 bits per heavy atom. The van der Waals surface area contributed by atoms with Crippen LogP contribution in [0, 0.1) is 0 Å². The van der Waals surface area contributed by atoms with Crippen molar-refractivity contribution < 1.29 is 13.5 Å². The lowest BCUT2D eigenvalue weighted by atomic mass is 10.1. The highest BCUT2D eigenvalue weighted by molar-refractivity contribution is 7.90. The second kappa shape index (κ2) is 6.31. The Hall–Kier alpha value is -2.15. The average Bonchev–Trinajstić information content (AvgIpc) is 2.48. The van der Waals surface area contributed by atoms with Gasteiger partial charge in [0.25, 0.3) is 0 Å². The van der Waals surface area contributed by atoms with Crippen LogP contribution in [0.4, 0.5) is 5.82 Å². The fourth-order valence-corrected chi connectivity index (χ4v) is 2.54. The molecule has 1 aromatic heterocycles. The van der Waals surface area contributed by atoms with E-state index in [2.05, 4.69) is 10.2 Å². The average molecular weight is 321 g/mol. The summed E-state index contributed by atoms with van der Waals surface area (Å²) in [6, 6.07) is 10.3. The molecule has 0 radical (unpaired) electrons. The van der Waals surface area contributed by atoms with E-state index in [4.69, 9.17) is 0 Å². The highest BCUT2D eigenvalue weighted by Crippen LogP contribution is 2.17. The second-order valence-electron chi connectivity index (χ2n) is 5.33. The van der Waals surface area contributed by atoms with Gasteiger partial charge in [0.1, 0.15) is 5.75 Å². The van der Waals surface area contributed by atoms with Gasteiger partial charge < -0.3 is 10.0 Å². The van der Waals surface area contributed by atoms with Crippen molar-refractivity contribution in [3.63, 3.8) is 0 Å². The minimum Gasteiger partial charge on any atom is -0.508 e. The lowest BCUT2D eigenvalue weighted by molar-refractivity contribution is 0.475. The summed E-state index contributed by atoms with van der Waals surface area (Å²) in [6.45, 7) is 2.04. The third-order valence-electron chi connectivity index (χ3n) is 3.50. The first-order valence-electron chi connectivity index (χ1n) is 6.82. The Kier molecular flexibility index (Phi) is 4.65. The fourth-order valence-electron chi connectivity index (χ4n) is 2.03. The van der Waals surface area contributed by atoms with Crippen LogP contribution in [-0.4, -0.2) is 43.1 Å². The molecule has 0 aliphatic carbocycles. The Bertz CT molecular complexity index is 728. The number of rotatable bonds is 5. The van der Waals surface area contributed by atoms with Crippen LogP contribution >= 0.6 is 0 Å². The molecule has 0 fully saturated rings. The van der Waals surface area contributed by atoms with Crippen molar-refractivity contribution in [1.29, 1.82) is 0 Å². The summed E-state index contributed by atoms with van der Waals surface area (Å²) in [6.07, 6.45) is 1.88. The largest absolute Gasteiger partial charge is 0.508 e. The molecule has 0 saturated carbocycles. The van der Waals surface area contributed by atoms with E-state index < -0.39 is 9.84 Å². The van der Waals surface area contributed by atoms with E-state index in [1.165, 1.54) is 6.07 Å². The van der Waals surface area contributed by atoms with E-state index in [1.54, 1.807) is 18.2 Å². The molecular weight excluding hydrogens is 302 g/mol. The Morgan fingerprint density at radius 3 is 2.27 bits per heavy atom. The maximum atomic E-state index is 11.4. The van der Waals surface area contributed by atoms with Gasteiger partial charge in [-0.1, -0.05) is 12.1 Å². The molecule has 0 bridgehead atoms. The molecule has 0 aliphatic heterocycles. The van der Waals surface area contributed by atoms with Crippen LogP contribution in [0.2, 0.25) is 0 Å². The van der Waals surface area contributed by atoms with Gasteiger partial charge >= 0.3 is 0 Å². The van der Waals surface area contributed by atoms with E-state index in [9.17, 15) is 13.5 Å². The number of phenolic OH excluding ortho intramolecular Hbond substituents is 1. The molecule has 1 aromatic carbocycles. The highest BCUT2D eigenvalue weighted by atomic mass is 32.2. The van der Waals surface area contributed by atoms with Crippen molar-refractivity contribution in [2.24, 2.45) is 0 Å². The summed E-state index contributed by atoms with van der Waals surface area (Å²) < 4.78 is 22.8. The van der Waals surface area contributed by atoms with Gasteiger partial charge in [-0.25, -0.2) is 8.42 Å². The van der Waals surface area contributed by atoms with Crippen molar-refractivity contribution in [3.8, 4) is 5.75 Å². The quantitative estimate of drug-likeness (QED) is 0.901. The highest BCUT2D eigenvalue weighted by Gasteiger charge is 2.15. The Balaban J connectivity index is 2.10. The van der Waals surface area contributed by atoms with E-state index in [1.807, 2.05) is 31.0 Å². The maximum Gasteiger partial charge on any atom is 0.194 e. The summed E-state index contributed by atoms with van der Waals surface area (Å²) in [4.78, 5) is 1.94. The minimum atomic E-state index is -3.33. The van der Waals surface area contributed by atoms with Gasteiger partial charge in [-0.15, -0.1) is 10.2 Å². The topological polar surface area (TPSA) is 83.4 Å². The van der Waals surface area contributed by atoms with Crippen LogP contribution < -0.4 is 4.90 Å². The Labute approximate surface area is 130 Å². The van der Waals surface area contributed by atoms with Gasteiger partial charge in [0, 0.05) is 19.3 Å². The first-order valence-corrected chi connectivity index (χ1v) is 8.71. The number of aromatic nitrogens is 2. The minimum absolute atomic E-state index is 0.0316. The van der Waals surface area contributed by atoms with Crippen molar-refractivity contribution in [2.45, 2.75) is 24.4 Å². The molecule has 118 valence electrons. The molecule has 2 aromatic rings. The molecule has 1 heterocycles. The van der Waals surface area contributed by atoms with Crippen molar-refractivity contribution in [1.82, 2.24) is 10.2 Å². The standard InChI is InChI=1S/C15H19N3O3S/c1-11(10-12-4-6-13(19)7-5-12)18(2)14-8-9-15(17-16-14)22(3,20)21/h4-9,11,19H,10H2,1-3H3. The molecule has 6 nitrogen and oxygen atoms in total. The lowest BCUT2D eigenvalue weighted by Gasteiger charge is -2.25. The number of nitrogens with zero attached hydrogens (tertiary/aromatic N) is 3. The molecule has 1 N–H and O–H groups in total. The molecule has 0 amide bonds. The van der Waals surface area contributed by atoms with Crippen molar-refractivity contribution in [3.05, 3.63) is 42.0 Å². The number of benzene rings is 1. The third-order valence-corrected chi connectivity index (χ3v) is 4.47. The molecular formula is C15H19N3O3S. The maximum absolute atomic E-state index is 11.4. The second-order valence-corrected chi connectivity index (χ2v) is 7.30. The Morgan fingerprint density at radius 1 is 1.14 bits per heavy atom. The number of hydrogen-bond donors (Lipinski definition) is 1. The van der Waals surface area contributed by atoms with Crippen LogP contribution in [-0.2, 0) is 16.3 Å². The first-order chi connectivity index (χ1) is 10.3. The van der Waals surface area contributed by atoms with Crippen LogP contribution in [0.5, 0.6) is 5.75 Å². The molecule has 1 unspecified atom stereocenters. The van der Waals surface area contributed by atoms with E-state index in [-0.39, 0.29) is 16.8 Å².